The number of ether oxygens (including phenoxy) is 1. The third-order valence-corrected chi connectivity index (χ3v) is 5.17. The van der Waals surface area contributed by atoms with E-state index in [1.165, 1.54) is 0 Å². The molecule has 2 atom stereocenters. The fourth-order valence-corrected chi connectivity index (χ4v) is 3.52. The summed E-state index contributed by atoms with van der Waals surface area (Å²) in [4.78, 5) is 0. The summed E-state index contributed by atoms with van der Waals surface area (Å²) >= 11 is 0. The van der Waals surface area contributed by atoms with Crippen LogP contribution in [-0.4, -0.2) is 12.6 Å². The summed E-state index contributed by atoms with van der Waals surface area (Å²) in [6.45, 7) is 6.34. The minimum Gasteiger partial charge on any atom is -0.367 e. The third-order valence-electron chi connectivity index (χ3n) is 5.17. The zero-order chi connectivity index (χ0) is 17.6. The van der Waals surface area contributed by atoms with Crippen LogP contribution in [0.15, 0.2) is 72.8 Å². The van der Waals surface area contributed by atoms with Crippen molar-refractivity contribution >= 4 is 12.4 Å². The van der Waals surface area contributed by atoms with E-state index in [-0.39, 0.29) is 18.3 Å². The van der Waals surface area contributed by atoms with E-state index in [2.05, 4.69) is 50.3 Å². The van der Waals surface area contributed by atoms with Gasteiger partial charge in [0.2, 0.25) is 0 Å². The van der Waals surface area contributed by atoms with Gasteiger partial charge in [-0.05, 0) is 37.3 Å². The maximum atomic E-state index is 7.00. The molecular formula is C22H30ClNO. The molecule has 0 aromatic heterocycles. The lowest BCUT2D eigenvalue weighted by molar-refractivity contribution is -0.0579. The molecule has 0 radical (unpaired) electrons. The van der Waals surface area contributed by atoms with Crippen molar-refractivity contribution in [2.24, 2.45) is 11.7 Å². The first kappa shape index (κ1) is 21.4. The Balaban J connectivity index is 0.00000312. The van der Waals surface area contributed by atoms with E-state index in [4.69, 9.17) is 10.5 Å². The minimum absolute atomic E-state index is 0. The van der Waals surface area contributed by atoms with Crippen LogP contribution in [0.2, 0.25) is 0 Å². The predicted molar refractivity (Wildman–Crippen MR) is 109 cm³/mol. The molecule has 0 heterocycles. The fourth-order valence-electron chi connectivity index (χ4n) is 3.52. The van der Waals surface area contributed by atoms with E-state index < -0.39 is 11.1 Å². The summed E-state index contributed by atoms with van der Waals surface area (Å²) in [7, 11) is 1.76. The van der Waals surface area contributed by atoms with Crippen molar-refractivity contribution in [3.8, 4) is 0 Å². The quantitative estimate of drug-likeness (QED) is 0.679. The highest BCUT2D eigenvalue weighted by molar-refractivity contribution is 5.85. The Morgan fingerprint density at radius 3 is 1.80 bits per heavy atom. The number of methoxy groups -OCH3 is 1. The van der Waals surface area contributed by atoms with Gasteiger partial charge >= 0.3 is 0 Å². The largest absolute Gasteiger partial charge is 0.367 e. The highest BCUT2D eigenvalue weighted by Crippen LogP contribution is 2.45. The van der Waals surface area contributed by atoms with Crippen molar-refractivity contribution in [1.29, 1.82) is 0 Å². The predicted octanol–water partition coefficient (Wildman–Crippen LogP) is 5.32. The first-order valence-electron chi connectivity index (χ1n) is 8.57. The Kier molecular flexibility index (Phi) is 7.88. The van der Waals surface area contributed by atoms with Gasteiger partial charge in [0.1, 0.15) is 5.60 Å². The van der Waals surface area contributed by atoms with Crippen molar-refractivity contribution < 1.29 is 4.74 Å². The lowest BCUT2D eigenvalue weighted by Crippen LogP contribution is -2.61. The Morgan fingerprint density at radius 1 is 1.00 bits per heavy atom. The van der Waals surface area contributed by atoms with Gasteiger partial charge in [0.05, 0.1) is 5.54 Å². The second-order valence-corrected chi connectivity index (χ2v) is 6.61. The van der Waals surface area contributed by atoms with E-state index in [1.54, 1.807) is 7.11 Å². The average Bonchev–Trinajstić information content (AvgIpc) is 2.62. The maximum Gasteiger partial charge on any atom is 0.136 e. The van der Waals surface area contributed by atoms with Gasteiger partial charge in [-0.25, -0.2) is 0 Å². The second-order valence-electron chi connectivity index (χ2n) is 6.61. The van der Waals surface area contributed by atoms with Crippen molar-refractivity contribution in [2.45, 2.75) is 38.3 Å². The number of rotatable bonds is 7. The zero-order valence-electron chi connectivity index (χ0n) is 15.6. The van der Waals surface area contributed by atoms with Gasteiger partial charge < -0.3 is 10.5 Å². The molecule has 0 amide bonds. The summed E-state index contributed by atoms with van der Waals surface area (Å²) < 4.78 is 6.23. The molecule has 2 aromatic rings. The molecule has 2 N–H and O–H groups in total. The van der Waals surface area contributed by atoms with Crippen molar-refractivity contribution in [2.75, 3.05) is 7.11 Å². The summed E-state index contributed by atoms with van der Waals surface area (Å²) in [5.41, 5.74) is 7.85. The highest BCUT2D eigenvalue weighted by atomic mass is 35.5. The van der Waals surface area contributed by atoms with Gasteiger partial charge in [0.25, 0.3) is 0 Å². The molecule has 0 saturated carbocycles. The summed E-state index contributed by atoms with van der Waals surface area (Å²) in [5.74, 6) is 0.231. The van der Waals surface area contributed by atoms with E-state index >= 15 is 0 Å². The zero-order valence-corrected chi connectivity index (χ0v) is 16.4. The SMILES string of the molecule is CC=CCC(C)C(C)(N)C(OC)(c1ccccc1)c1ccccc1.Cl. The summed E-state index contributed by atoms with van der Waals surface area (Å²) in [6, 6.07) is 20.6. The summed E-state index contributed by atoms with van der Waals surface area (Å²) in [6.07, 6.45) is 5.16. The van der Waals surface area contributed by atoms with E-state index in [9.17, 15) is 0 Å². The molecule has 0 bridgehead atoms. The number of allylic oxidation sites excluding steroid dienone is 2. The molecule has 0 spiro atoms. The molecule has 136 valence electrons. The molecule has 25 heavy (non-hydrogen) atoms. The van der Waals surface area contributed by atoms with E-state index in [0.29, 0.717) is 0 Å². The van der Waals surface area contributed by atoms with Crippen LogP contribution in [0.4, 0.5) is 0 Å². The van der Waals surface area contributed by atoms with E-state index in [1.807, 2.05) is 43.3 Å². The normalized spacial score (nSPS) is 15.4. The molecule has 2 nitrogen and oxygen atoms in total. The second kappa shape index (κ2) is 9.19. The molecule has 2 unspecified atom stereocenters. The highest BCUT2D eigenvalue weighted by Gasteiger charge is 2.51. The van der Waals surface area contributed by atoms with Gasteiger partial charge in [-0.15, -0.1) is 12.4 Å². The molecule has 0 fully saturated rings. The number of halogens is 1. The first-order valence-corrected chi connectivity index (χ1v) is 8.57. The Morgan fingerprint density at radius 2 is 1.44 bits per heavy atom. The van der Waals surface area contributed by atoms with Crippen LogP contribution in [0.3, 0.4) is 0 Å². The topological polar surface area (TPSA) is 35.2 Å². The lowest BCUT2D eigenvalue weighted by atomic mass is 9.65. The smallest absolute Gasteiger partial charge is 0.136 e. The van der Waals surface area contributed by atoms with E-state index in [0.717, 1.165) is 17.5 Å². The molecule has 0 aliphatic carbocycles. The minimum atomic E-state index is -0.712. The van der Waals surface area contributed by atoms with Gasteiger partial charge in [-0.1, -0.05) is 79.7 Å². The van der Waals surface area contributed by atoms with Gasteiger partial charge in [0, 0.05) is 7.11 Å². The summed E-state index contributed by atoms with van der Waals surface area (Å²) in [5, 5.41) is 0. The van der Waals surface area contributed by atoms with Gasteiger partial charge in [-0.3, -0.25) is 0 Å². The Bertz CT molecular complexity index is 613. The number of hydrogen-bond donors (Lipinski definition) is 1. The van der Waals surface area contributed by atoms with Gasteiger partial charge in [-0.2, -0.15) is 0 Å². The Hall–Kier alpha value is -1.61. The van der Waals surface area contributed by atoms with Gasteiger partial charge in [0.15, 0.2) is 0 Å². The van der Waals surface area contributed by atoms with Crippen molar-refractivity contribution in [1.82, 2.24) is 0 Å². The molecule has 0 aliphatic heterocycles. The molecule has 0 saturated heterocycles. The van der Waals surface area contributed by atoms with Crippen LogP contribution in [0, 0.1) is 5.92 Å². The first-order chi connectivity index (χ1) is 11.5. The molecule has 2 rings (SSSR count). The van der Waals surface area contributed by atoms with Crippen LogP contribution in [0.25, 0.3) is 0 Å². The van der Waals surface area contributed by atoms with Crippen LogP contribution in [0.1, 0.15) is 38.3 Å². The number of nitrogens with two attached hydrogens (primary N) is 1. The maximum absolute atomic E-state index is 7.00. The average molecular weight is 360 g/mol. The van der Waals surface area contributed by atoms with Crippen molar-refractivity contribution in [3.05, 3.63) is 83.9 Å². The van der Waals surface area contributed by atoms with Crippen molar-refractivity contribution in [3.63, 3.8) is 0 Å². The Labute approximate surface area is 158 Å². The van der Waals surface area contributed by atoms with Crippen LogP contribution >= 0.6 is 12.4 Å². The number of hydrogen-bond acceptors (Lipinski definition) is 2. The third kappa shape index (κ3) is 3.98. The number of benzene rings is 2. The standard InChI is InChI=1S/C22H29NO.ClH/c1-5-6-13-18(2)21(3,23)22(24-4,19-14-9-7-10-15-19)20-16-11-8-12-17-20;/h5-12,14-18H,13,23H2,1-4H3;1H. The monoisotopic (exact) mass is 359 g/mol. The van der Waals surface area contributed by atoms with Crippen LogP contribution in [-0.2, 0) is 10.3 Å². The molecule has 0 aliphatic rings. The van der Waals surface area contributed by atoms with Crippen LogP contribution < -0.4 is 5.73 Å². The fraction of sp³-hybridized carbons (Fsp3) is 0.364. The molecular weight excluding hydrogens is 330 g/mol. The molecule has 3 heteroatoms. The molecule has 2 aromatic carbocycles. The lowest BCUT2D eigenvalue weighted by Gasteiger charge is -2.49. The van der Waals surface area contributed by atoms with Crippen LogP contribution in [0.5, 0.6) is 0 Å².